The smallest absolute Gasteiger partial charge is 0.238 e. The number of hydrogen-bond acceptors (Lipinski definition) is 2. The predicted molar refractivity (Wildman–Crippen MR) is 67.7 cm³/mol. The first-order valence-electron chi connectivity index (χ1n) is 5.32. The van der Waals surface area contributed by atoms with Crippen molar-refractivity contribution in [2.75, 3.05) is 18.7 Å². The Morgan fingerprint density at radius 3 is 2.60 bits per heavy atom. The van der Waals surface area contributed by atoms with Gasteiger partial charge in [0.25, 0.3) is 0 Å². The van der Waals surface area contributed by atoms with Crippen LogP contribution in [0.15, 0.2) is 0 Å². The van der Waals surface area contributed by atoms with Gasteiger partial charge in [-0.05, 0) is 39.4 Å². The Kier molecular flexibility index (Phi) is 3.99. The summed E-state index contributed by atoms with van der Waals surface area (Å²) in [4.78, 5) is 14.1. The van der Waals surface area contributed by atoms with Gasteiger partial charge in [0.15, 0.2) is 0 Å². The summed E-state index contributed by atoms with van der Waals surface area (Å²) >= 11 is 7.66. The van der Waals surface area contributed by atoms with E-state index in [1.54, 1.807) is 16.7 Å². The molecular weight excluding hydrogens is 230 g/mol. The summed E-state index contributed by atoms with van der Waals surface area (Å²) in [5.41, 5.74) is -0.259. The minimum absolute atomic E-state index is 0.218. The van der Waals surface area contributed by atoms with Gasteiger partial charge in [-0.15, -0.1) is 23.4 Å². The lowest BCUT2D eigenvalue weighted by Crippen LogP contribution is -2.52. The highest BCUT2D eigenvalue weighted by Crippen LogP contribution is 2.40. The second-order valence-corrected chi connectivity index (χ2v) is 6.86. The molecule has 1 amide bonds. The second-order valence-electron chi connectivity index (χ2n) is 4.99. The third kappa shape index (κ3) is 2.62. The fraction of sp³-hybridized carbons (Fsp3) is 0.909. The van der Waals surface area contributed by atoms with Gasteiger partial charge in [-0.2, -0.15) is 0 Å². The van der Waals surface area contributed by atoms with Crippen LogP contribution in [0.5, 0.6) is 0 Å². The van der Waals surface area contributed by atoms with Gasteiger partial charge in [0.05, 0.1) is 10.3 Å². The van der Waals surface area contributed by atoms with Gasteiger partial charge < -0.3 is 4.90 Å². The maximum absolute atomic E-state index is 12.3. The quantitative estimate of drug-likeness (QED) is 0.717. The van der Waals surface area contributed by atoms with E-state index in [4.69, 9.17) is 11.6 Å². The molecule has 15 heavy (non-hydrogen) atoms. The number of amides is 1. The van der Waals surface area contributed by atoms with E-state index >= 15 is 0 Å². The molecule has 1 fully saturated rings. The molecule has 0 aromatic carbocycles. The summed E-state index contributed by atoms with van der Waals surface area (Å²) in [5, 5.41) is 0. The average Bonchev–Trinajstić information content (AvgIpc) is 2.64. The molecular formula is C11H20ClNOS. The van der Waals surface area contributed by atoms with Crippen molar-refractivity contribution in [1.82, 2.24) is 4.90 Å². The lowest BCUT2D eigenvalue weighted by atomic mass is 9.99. The van der Waals surface area contributed by atoms with Crippen LogP contribution in [0, 0.1) is 0 Å². The first-order chi connectivity index (χ1) is 6.83. The van der Waals surface area contributed by atoms with Crippen molar-refractivity contribution in [2.24, 2.45) is 0 Å². The standard InChI is InChI=1S/C11H20ClNOS/c1-10(2,8-12)13(4)9(14)11(3)6-5-7-15-11/h5-8H2,1-4H3. The second kappa shape index (κ2) is 4.54. The lowest BCUT2D eigenvalue weighted by Gasteiger charge is -2.38. The number of carbonyl (C=O) groups is 1. The lowest BCUT2D eigenvalue weighted by molar-refractivity contribution is -0.136. The molecule has 1 aliphatic heterocycles. The number of halogens is 1. The Balaban J connectivity index is 2.76. The van der Waals surface area contributed by atoms with Gasteiger partial charge >= 0.3 is 0 Å². The molecule has 1 aliphatic rings. The molecule has 1 unspecified atom stereocenters. The average molecular weight is 250 g/mol. The Morgan fingerprint density at radius 2 is 2.20 bits per heavy atom. The van der Waals surface area contributed by atoms with E-state index in [-0.39, 0.29) is 16.2 Å². The van der Waals surface area contributed by atoms with Gasteiger partial charge in [0, 0.05) is 12.9 Å². The fourth-order valence-corrected chi connectivity index (χ4v) is 3.13. The maximum atomic E-state index is 12.3. The van der Waals surface area contributed by atoms with E-state index in [2.05, 4.69) is 0 Å². The first kappa shape index (κ1) is 13.2. The monoisotopic (exact) mass is 249 g/mol. The van der Waals surface area contributed by atoms with Gasteiger partial charge in [-0.1, -0.05) is 0 Å². The molecule has 0 radical (unpaired) electrons. The van der Waals surface area contributed by atoms with Gasteiger partial charge in [-0.25, -0.2) is 0 Å². The van der Waals surface area contributed by atoms with Crippen molar-refractivity contribution in [3.63, 3.8) is 0 Å². The van der Waals surface area contributed by atoms with E-state index in [9.17, 15) is 4.79 Å². The summed E-state index contributed by atoms with van der Waals surface area (Å²) in [6.45, 7) is 6.05. The van der Waals surface area contributed by atoms with E-state index in [0.29, 0.717) is 5.88 Å². The molecule has 0 bridgehead atoms. The number of thioether (sulfide) groups is 1. The number of rotatable bonds is 3. The zero-order chi connectivity index (χ0) is 11.7. The van der Waals surface area contributed by atoms with Crippen LogP contribution in [0.1, 0.15) is 33.6 Å². The fourth-order valence-electron chi connectivity index (χ4n) is 1.67. The Morgan fingerprint density at radius 1 is 1.60 bits per heavy atom. The predicted octanol–water partition coefficient (Wildman–Crippen LogP) is 2.75. The van der Waals surface area contributed by atoms with Crippen molar-refractivity contribution >= 4 is 29.3 Å². The molecule has 0 spiro atoms. The highest BCUT2D eigenvalue weighted by atomic mass is 35.5. The zero-order valence-corrected chi connectivity index (χ0v) is 11.5. The topological polar surface area (TPSA) is 20.3 Å². The van der Waals surface area contributed by atoms with Crippen LogP contribution in [-0.4, -0.2) is 39.8 Å². The molecule has 88 valence electrons. The Hall–Kier alpha value is 0.110. The third-order valence-corrected chi connectivity index (χ3v) is 5.37. The first-order valence-corrected chi connectivity index (χ1v) is 6.84. The SMILES string of the molecule is CN(C(=O)C1(C)CCCS1)C(C)(C)CCl. The normalized spacial score (nSPS) is 26.7. The van der Waals surface area contributed by atoms with Crippen molar-refractivity contribution in [3.8, 4) is 0 Å². The Bertz CT molecular complexity index is 249. The molecule has 0 N–H and O–H groups in total. The molecule has 0 aliphatic carbocycles. The van der Waals surface area contributed by atoms with E-state index < -0.39 is 0 Å². The van der Waals surface area contributed by atoms with Gasteiger partial charge in [-0.3, -0.25) is 4.79 Å². The summed E-state index contributed by atoms with van der Waals surface area (Å²) < 4.78 is -0.224. The minimum Gasteiger partial charge on any atom is -0.338 e. The molecule has 1 heterocycles. The van der Waals surface area contributed by atoms with Crippen LogP contribution in [-0.2, 0) is 4.79 Å². The number of nitrogens with zero attached hydrogens (tertiary/aromatic N) is 1. The number of alkyl halides is 1. The van der Waals surface area contributed by atoms with E-state index in [1.165, 1.54) is 0 Å². The largest absolute Gasteiger partial charge is 0.338 e. The summed E-state index contributed by atoms with van der Waals surface area (Å²) in [7, 11) is 1.86. The van der Waals surface area contributed by atoms with Crippen LogP contribution in [0.2, 0.25) is 0 Å². The molecule has 1 saturated heterocycles. The molecule has 0 saturated carbocycles. The molecule has 4 heteroatoms. The third-order valence-electron chi connectivity index (χ3n) is 3.21. The van der Waals surface area contributed by atoms with Crippen LogP contribution >= 0.6 is 23.4 Å². The van der Waals surface area contributed by atoms with E-state index in [0.717, 1.165) is 18.6 Å². The van der Waals surface area contributed by atoms with Crippen molar-refractivity contribution in [3.05, 3.63) is 0 Å². The highest BCUT2D eigenvalue weighted by molar-refractivity contribution is 8.01. The maximum Gasteiger partial charge on any atom is 0.238 e. The molecule has 2 nitrogen and oxygen atoms in total. The van der Waals surface area contributed by atoms with Crippen LogP contribution in [0.3, 0.4) is 0 Å². The summed E-state index contributed by atoms with van der Waals surface area (Å²) in [5.74, 6) is 1.78. The Labute approximate surface area is 102 Å². The van der Waals surface area contributed by atoms with Crippen LogP contribution < -0.4 is 0 Å². The molecule has 0 aromatic heterocycles. The van der Waals surface area contributed by atoms with Crippen LogP contribution in [0.4, 0.5) is 0 Å². The van der Waals surface area contributed by atoms with E-state index in [1.807, 2.05) is 27.8 Å². The van der Waals surface area contributed by atoms with Crippen molar-refractivity contribution in [2.45, 2.75) is 43.9 Å². The van der Waals surface area contributed by atoms with Crippen molar-refractivity contribution in [1.29, 1.82) is 0 Å². The highest BCUT2D eigenvalue weighted by Gasteiger charge is 2.42. The summed E-state index contributed by atoms with van der Waals surface area (Å²) in [6, 6.07) is 0. The van der Waals surface area contributed by atoms with Crippen molar-refractivity contribution < 1.29 is 4.79 Å². The summed E-state index contributed by atoms with van der Waals surface area (Å²) in [6.07, 6.45) is 2.13. The number of carbonyl (C=O) groups excluding carboxylic acids is 1. The molecule has 1 rings (SSSR count). The van der Waals surface area contributed by atoms with Crippen LogP contribution in [0.25, 0.3) is 0 Å². The number of hydrogen-bond donors (Lipinski definition) is 0. The molecule has 0 aromatic rings. The zero-order valence-electron chi connectivity index (χ0n) is 9.97. The van der Waals surface area contributed by atoms with Gasteiger partial charge in [0.1, 0.15) is 0 Å². The minimum atomic E-state index is -0.259. The van der Waals surface area contributed by atoms with Gasteiger partial charge in [0.2, 0.25) is 5.91 Å². The molecule has 1 atom stereocenters.